The fourth-order valence-corrected chi connectivity index (χ4v) is 3.74. The van der Waals surface area contributed by atoms with E-state index < -0.39 is 0 Å². The zero-order valence-electron chi connectivity index (χ0n) is 11.9. The van der Waals surface area contributed by atoms with Gasteiger partial charge in [-0.25, -0.2) is 0 Å². The Hall–Kier alpha value is -1.69. The molecule has 6 heteroatoms. The van der Waals surface area contributed by atoms with Crippen LogP contribution in [0.5, 0.6) is 11.5 Å². The number of phenolic OH excluding ortho intramolecular Hbond substituents is 1. The van der Waals surface area contributed by atoms with Gasteiger partial charge in [-0.3, -0.25) is 9.59 Å². The highest BCUT2D eigenvalue weighted by Crippen LogP contribution is 2.31. The maximum atomic E-state index is 11.9. The van der Waals surface area contributed by atoms with Crippen LogP contribution in [0.2, 0.25) is 0 Å². The summed E-state index contributed by atoms with van der Waals surface area (Å²) in [5.41, 5.74) is 0.152. The van der Waals surface area contributed by atoms with E-state index in [1.807, 2.05) is 0 Å². The predicted molar refractivity (Wildman–Crippen MR) is 82.0 cm³/mol. The number of benzene rings is 1. The molecule has 2 atom stereocenters. The van der Waals surface area contributed by atoms with Crippen LogP contribution in [-0.2, 0) is 4.79 Å². The molecule has 1 heterocycles. The van der Waals surface area contributed by atoms with Gasteiger partial charge in [0.2, 0.25) is 5.91 Å². The smallest absolute Gasteiger partial charge is 0.224 e. The molecule has 1 fully saturated rings. The zero-order valence-corrected chi connectivity index (χ0v) is 12.7. The number of hydrogen-bond acceptors (Lipinski definition) is 5. The quantitative estimate of drug-likeness (QED) is 0.810. The highest BCUT2D eigenvalue weighted by atomic mass is 32.2. The molecule has 0 radical (unpaired) electrons. The lowest BCUT2D eigenvalue weighted by atomic mass is 9.91. The number of carbonyl (C=O) groups is 2. The molecule has 1 aliphatic rings. The van der Waals surface area contributed by atoms with Crippen molar-refractivity contribution in [2.75, 3.05) is 25.2 Å². The van der Waals surface area contributed by atoms with Gasteiger partial charge < -0.3 is 15.2 Å². The van der Waals surface area contributed by atoms with Gasteiger partial charge in [0, 0.05) is 18.7 Å². The minimum atomic E-state index is -0.0930. The molecule has 21 heavy (non-hydrogen) atoms. The topological polar surface area (TPSA) is 75.6 Å². The van der Waals surface area contributed by atoms with E-state index in [0.29, 0.717) is 18.6 Å². The lowest BCUT2D eigenvalue weighted by Gasteiger charge is -2.29. The molecule has 2 unspecified atom stereocenters. The first-order valence-corrected chi connectivity index (χ1v) is 8.02. The number of carbonyl (C=O) groups excluding carboxylic acids is 2. The van der Waals surface area contributed by atoms with Crippen molar-refractivity contribution in [2.45, 2.75) is 6.42 Å². The van der Waals surface area contributed by atoms with Crippen LogP contribution in [0.4, 0.5) is 0 Å². The Bertz CT molecular complexity index is 520. The fourth-order valence-electron chi connectivity index (χ4n) is 2.43. The molecule has 0 spiro atoms. The number of phenols is 1. The minimum absolute atomic E-state index is 0.0299. The molecule has 0 aromatic heterocycles. The maximum Gasteiger partial charge on any atom is 0.224 e. The van der Waals surface area contributed by atoms with E-state index in [9.17, 15) is 14.7 Å². The molecule has 0 saturated carbocycles. The van der Waals surface area contributed by atoms with E-state index in [-0.39, 0.29) is 29.1 Å². The number of nitrogens with one attached hydrogen (secondary N) is 1. The summed E-state index contributed by atoms with van der Waals surface area (Å²) in [7, 11) is 1.64. The third kappa shape index (κ3) is 3.69. The van der Waals surface area contributed by atoms with Gasteiger partial charge in [0.25, 0.3) is 0 Å². The van der Waals surface area contributed by atoms with E-state index in [0.717, 1.165) is 17.9 Å². The zero-order chi connectivity index (χ0) is 15.2. The van der Waals surface area contributed by atoms with Crippen molar-refractivity contribution >= 4 is 24.0 Å². The summed E-state index contributed by atoms with van der Waals surface area (Å²) in [4.78, 5) is 22.9. The SMILES string of the molecule is CNC(=O)C1CSCCC1COc1cccc(O)c1C=O. The van der Waals surface area contributed by atoms with Gasteiger partial charge >= 0.3 is 0 Å². The molecule has 1 aromatic rings. The standard InChI is InChI=1S/C15H19NO4S/c1-16-15(19)12-9-21-6-5-10(12)8-20-14-4-2-3-13(18)11(14)7-17/h2-4,7,10,12,18H,5-6,8-9H2,1H3,(H,16,19). The van der Waals surface area contributed by atoms with E-state index in [2.05, 4.69) is 5.32 Å². The predicted octanol–water partition coefficient (Wildman–Crippen LogP) is 1.70. The molecular formula is C15H19NO4S. The Labute approximate surface area is 128 Å². The van der Waals surface area contributed by atoms with Crippen molar-refractivity contribution < 1.29 is 19.4 Å². The first-order valence-electron chi connectivity index (χ1n) is 6.86. The summed E-state index contributed by atoms with van der Waals surface area (Å²) in [6.45, 7) is 0.364. The van der Waals surface area contributed by atoms with Crippen molar-refractivity contribution in [2.24, 2.45) is 11.8 Å². The van der Waals surface area contributed by atoms with Crippen LogP contribution in [-0.4, -0.2) is 42.5 Å². The average Bonchev–Trinajstić information content (AvgIpc) is 2.52. The van der Waals surface area contributed by atoms with Crippen LogP contribution in [0.3, 0.4) is 0 Å². The van der Waals surface area contributed by atoms with Crippen LogP contribution < -0.4 is 10.1 Å². The first-order chi connectivity index (χ1) is 10.2. The molecule has 1 aliphatic heterocycles. The van der Waals surface area contributed by atoms with Gasteiger partial charge in [-0.2, -0.15) is 11.8 Å². The van der Waals surface area contributed by atoms with Crippen molar-refractivity contribution in [3.8, 4) is 11.5 Å². The lowest BCUT2D eigenvalue weighted by Crippen LogP contribution is -2.39. The van der Waals surface area contributed by atoms with E-state index >= 15 is 0 Å². The Morgan fingerprint density at radius 3 is 3.10 bits per heavy atom. The molecule has 5 nitrogen and oxygen atoms in total. The summed E-state index contributed by atoms with van der Waals surface area (Å²) in [5, 5.41) is 12.3. The summed E-state index contributed by atoms with van der Waals surface area (Å²) in [6.07, 6.45) is 1.48. The van der Waals surface area contributed by atoms with Gasteiger partial charge in [-0.15, -0.1) is 0 Å². The number of aldehydes is 1. The molecular weight excluding hydrogens is 290 g/mol. The number of hydrogen-bond donors (Lipinski definition) is 2. The number of aromatic hydroxyl groups is 1. The van der Waals surface area contributed by atoms with Crippen LogP contribution in [0.1, 0.15) is 16.8 Å². The first kappa shape index (κ1) is 15.7. The van der Waals surface area contributed by atoms with Gasteiger partial charge in [-0.05, 0) is 24.3 Å². The largest absolute Gasteiger partial charge is 0.507 e. The molecule has 1 amide bonds. The number of rotatable bonds is 5. The van der Waals surface area contributed by atoms with Gasteiger partial charge in [-0.1, -0.05) is 6.07 Å². The van der Waals surface area contributed by atoms with Crippen molar-refractivity contribution in [1.82, 2.24) is 5.32 Å². The van der Waals surface area contributed by atoms with E-state index in [1.54, 1.807) is 30.9 Å². The third-order valence-electron chi connectivity index (χ3n) is 3.70. The van der Waals surface area contributed by atoms with Crippen LogP contribution in [0.25, 0.3) is 0 Å². The summed E-state index contributed by atoms with van der Waals surface area (Å²) in [5.74, 6) is 2.13. The van der Waals surface area contributed by atoms with Gasteiger partial charge in [0.15, 0.2) is 6.29 Å². The minimum Gasteiger partial charge on any atom is -0.507 e. The average molecular weight is 309 g/mol. The molecule has 0 aliphatic carbocycles. The second kappa shape index (κ2) is 7.36. The Kier molecular flexibility index (Phi) is 5.50. The Balaban J connectivity index is 2.06. The van der Waals surface area contributed by atoms with Crippen LogP contribution >= 0.6 is 11.8 Å². The maximum absolute atomic E-state index is 11.9. The van der Waals surface area contributed by atoms with Crippen LogP contribution in [0, 0.1) is 11.8 Å². The molecule has 0 bridgehead atoms. The highest BCUT2D eigenvalue weighted by molar-refractivity contribution is 7.99. The lowest BCUT2D eigenvalue weighted by molar-refractivity contribution is -0.125. The van der Waals surface area contributed by atoms with Crippen LogP contribution in [0.15, 0.2) is 18.2 Å². The summed E-state index contributed by atoms with van der Waals surface area (Å²) in [6, 6.07) is 4.72. The molecule has 1 saturated heterocycles. The normalized spacial score (nSPS) is 21.6. The van der Waals surface area contributed by atoms with Crippen molar-refractivity contribution in [3.63, 3.8) is 0 Å². The van der Waals surface area contributed by atoms with Gasteiger partial charge in [0.1, 0.15) is 11.5 Å². The second-order valence-electron chi connectivity index (χ2n) is 4.96. The summed E-state index contributed by atoms with van der Waals surface area (Å²) >= 11 is 1.77. The van der Waals surface area contributed by atoms with E-state index in [4.69, 9.17) is 4.74 Å². The van der Waals surface area contributed by atoms with E-state index in [1.165, 1.54) is 6.07 Å². The molecule has 2 rings (SSSR count). The Morgan fingerprint density at radius 1 is 1.57 bits per heavy atom. The van der Waals surface area contributed by atoms with Gasteiger partial charge in [0.05, 0.1) is 18.1 Å². The Morgan fingerprint density at radius 2 is 2.38 bits per heavy atom. The second-order valence-corrected chi connectivity index (χ2v) is 6.11. The van der Waals surface area contributed by atoms with Crippen molar-refractivity contribution in [3.05, 3.63) is 23.8 Å². The third-order valence-corrected chi connectivity index (χ3v) is 4.82. The molecule has 1 aromatic carbocycles. The highest BCUT2D eigenvalue weighted by Gasteiger charge is 2.31. The molecule has 2 N–H and O–H groups in total. The molecule has 114 valence electrons. The number of thioether (sulfide) groups is 1. The fraction of sp³-hybridized carbons (Fsp3) is 0.467. The monoisotopic (exact) mass is 309 g/mol. The summed E-state index contributed by atoms with van der Waals surface area (Å²) < 4.78 is 5.69. The number of ether oxygens (including phenoxy) is 1. The number of amides is 1. The van der Waals surface area contributed by atoms with Crippen molar-refractivity contribution in [1.29, 1.82) is 0 Å².